The number of aromatic nitrogens is 2. The van der Waals surface area contributed by atoms with Crippen molar-refractivity contribution < 1.29 is 14.3 Å². The van der Waals surface area contributed by atoms with Crippen molar-refractivity contribution in [2.24, 2.45) is 0 Å². The van der Waals surface area contributed by atoms with Crippen molar-refractivity contribution in [2.75, 3.05) is 26.0 Å². The fourth-order valence-corrected chi connectivity index (χ4v) is 3.65. The van der Waals surface area contributed by atoms with Crippen molar-refractivity contribution in [3.63, 3.8) is 0 Å². The highest BCUT2D eigenvalue weighted by Crippen LogP contribution is 2.28. The van der Waals surface area contributed by atoms with Crippen molar-refractivity contribution >= 4 is 11.7 Å². The number of carbonyl (C=O) groups excluding carboxylic acids is 1. The van der Waals surface area contributed by atoms with Gasteiger partial charge in [-0.3, -0.25) is 9.48 Å². The van der Waals surface area contributed by atoms with Gasteiger partial charge in [0.25, 0.3) is 5.91 Å². The van der Waals surface area contributed by atoms with Crippen LogP contribution in [0.25, 0.3) is 0 Å². The Morgan fingerprint density at radius 3 is 3.08 bits per heavy atom. The third kappa shape index (κ3) is 3.07. The van der Waals surface area contributed by atoms with Crippen LogP contribution < -0.4 is 10.5 Å². The van der Waals surface area contributed by atoms with E-state index in [9.17, 15) is 4.79 Å². The van der Waals surface area contributed by atoms with Gasteiger partial charge in [0.15, 0.2) is 0 Å². The monoisotopic (exact) mass is 342 g/mol. The standard InChI is InChI=1S/C18H22N4O3/c1-24-15-9-14(10-21-6-4-17(19)20-21)22(11-15)18(23)13-2-3-16-12(8-13)5-7-25-16/h2-4,6,8,14-15H,5,7,9-11H2,1H3,(H2,19,20)/t14-,15+/m0/s1. The first kappa shape index (κ1) is 16.0. The number of anilines is 1. The predicted molar refractivity (Wildman–Crippen MR) is 92.5 cm³/mol. The third-order valence-corrected chi connectivity index (χ3v) is 4.97. The van der Waals surface area contributed by atoms with Crippen molar-refractivity contribution in [3.8, 4) is 5.75 Å². The van der Waals surface area contributed by atoms with E-state index >= 15 is 0 Å². The van der Waals surface area contributed by atoms with Crippen LogP contribution in [0.3, 0.4) is 0 Å². The van der Waals surface area contributed by atoms with Gasteiger partial charge in [0, 0.05) is 31.8 Å². The lowest BCUT2D eigenvalue weighted by atomic mass is 10.1. The summed E-state index contributed by atoms with van der Waals surface area (Å²) >= 11 is 0. The highest BCUT2D eigenvalue weighted by molar-refractivity contribution is 5.95. The summed E-state index contributed by atoms with van der Waals surface area (Å²) in [4.78, 5) is 15.0. The van der Waals surface area contributed by atoms with E-state index in [1.54, 1.807) is 17.9 Å². The van der Waals surface area contributed by atoms with Gasteiger partial charge in [0.05, 0.1) is 25.3 Å². The van der Waals surface area contributed by atoms with E-state index in [-0.39, 0.29) is 18.1 Å². The van der Waals surface area contributed by atoms with Crippen molar-refractivity contribution in [3.05, 3.63) is 41.6 Å². The molecule has 1 fully saturated rings. The normalized spacial score (nSPS) is 22.0. The minimum atomic E-state index is 0.0272. The van der Waals surface area contributed by atoms with Gasteiger partial charge in [-0.15, -0.1) is 0 Å². The van der Waals surface area contributed by atoms with E-state index in [1.165, 1.54) is 0 Å². The number of nitrogens with two attached hydrogens (primary N) is 1. The number of ether oxygens (including phenoxy) is 2. The quantitative estimate of drug-likeness (QED) is 0.906. The second kappa shape index (κ2) is 6.40. The Labute approximate surface area is 146 Å². The Morgan fingerprint density at radius 2 is 2.32 bits per heavy atom. The van der Waals surface area contributed by atoms with Crippen LogP contribution in [0, 0.1) is 0 Å². The van der Waals surface area contributed by atoms with Crippen molar-refractivity contribution in [2.45, 2.75) is 31.5 Å². The SMILES string of the molecule is CO[C@@H]1C[C@@H](Cn2ccc(N)n2)N(C(=O)c2ccc3c(c2)CCO3)C1. The van der Waals surface area contributed by atoms with Gasteiger partial charge in [-0.05, 0) is 36.2 Å². The van der Waals surface area contributed by atoms with Crippen LogP contribution in [0.1, 0.15) is 22.3 Å². The smallest absolute Gasteiger partial charge is 0.254 e. The fourth-order valence-electron chi connectivity index (χ4n) is 3.65. The van der Waals surface area contributed by atoms with E-state index in [2.05, 4.69) is 5.10 Å². The molecule has 1 amide bonds. The Bertz CT molecular complexity index is 788. The zero-order chi connectivity index (χ0) is 17.4. The van der Waals surface area contributed by atoms with Gasteiger partial charge in [0.1, 0.15) is 11.6 Å². The van der Waals surface area contributed by atoms with Crippen LogP contribution in [0.4, 0.5) is 5.82 Å². The molecule has 1 aromatic carbocycles. The Kier molecular flexibility index (Phi) is 4.09. The molecule has 2 aliphatic rings. The number of methoxy groups -OCH3 is 1. The van der Waals surface area contributed by atoms with Gasteiger partial charge in [-0.1, -0.05) is 0 Å². The van der Waals surface area contributed by atoms with Crippen LogP contribution in [-0.2, 0) is 17.7 Å². The maximum absolute atomic E-state index is 13.1. The summed E-state index contributed by atoms with van der Waals surface area (Å²) in [5.74, 6) is 1.40. The number of nitrogen functional groups attached to an aromatic ring is 1. The van der Waals surface area contributed by atoms with Gasteiger partial charge in [0.2, 0.25) is 0 Å². The van der Waals surface area contributed by atoms with E-state index in [0.717, 1.165) is 24.2 Å². The second-order valence-electron chi connectivity index (χ2n) is 6.59. The predicted octanol–water partition coefficient (Wildman–Crippen LogP) is 1.33. The zero-order valence-corrected chi connectivity index (χ0v) is 14.2. The number of nitrogens with zero attached hydrogens (tertiary/aromatic N) is 3. The minimum absolute atomic E-state index is 0.0272. The molecule has 7 nitrogen and oxygen atoms in total. The molecular formula is C18H22N4O3. The third-order valence-electron chi connectivity index (χ3n) is 4.97. The Balaban J connectivity index is 1.56. The van der Waals surface area contributed by atoms with Crippen LogP contribution in [-0.4, -0.2) is 53.0 Å². The summed E-state index contributed by atoms with van der Waals surface area (Å²) in [5.41, 5.74) is 7.50. The average molecular weight is 342 g/mol. The molecule has 7 heteroatoms. The van der Waals surface area contributed by atoms with Gasteiger partial charge in [-0.25, -0.2) is 0 Å². The molecule has 0 saturated carbocycles. The number of hydrogen-bond donors (Lipinski definition) is 1. The van der Waals surface area contributed by atoms with Gasteiger partial charge >= 0.3 is 0 Å². The lowest BCUT2D eigenvalue weighted by molar-refractivity contribution is 0.0679. The molecule has 2 N–H and O–H groups in total. The maximum Gasteiger partial charge on any atom is 0.254 e. The molecule has 0 radical (unpaired) electrons. The summed E-state index contributed by atoms with van der Waals surface area (Å²) in [6.07, 6.45) is 3.52. The first-order chi connectivity index (χ1) is 12.1. The number of hydrogen-bond acceptors (Lipinski definition) is 5. The van der Waals surface area contributed by atoms with E-state index in [1.807, 2.05) is 29.3 Å². The summed E-state index contributed by atoms with van der Waals surface area (Å²) in [6.45, 7) is 1.88. The number of amides is 1. The van der Waals surface area contributed by atoms with Crippen LogP contribution in [0.15, 0.2) is 30.5 Å². The van der Waals surface area contributed by atoms with E-state index < -0.39 is 0 Å². The summed E-state index contributed by atoms with van der Waals surface area (Å²) in [6, 6.07) is 7.47. The first-order valence-electron chi connectivity index (χ1n) is 8.52. The number of rotatable bonds is 4. The molecule has 1 aromatic heterocycles. The number of fused-ring (bicyclic) bond motifs is 1. The molecule has 3 heterocycles. The van der Waals surface area contributed by atoms with Gasteiger partial charge in [-0.2, -0.15) is 5.10 Å². The molecule has 4 rings (SSSR count). The second-order valence-corrected chi connectivity index (χ2v) is 6.59. The topological polar surface area (TPSA) is 82.6 Å². The fraction of sp³-hybridized carbons (Fsp3) is 0.444. The van der Waals surface area contributed by atoms with Crippen molar-refractivity contribution in [1.29, 1.82) is 0 Å². The van der Waals surface area contributed by atoms with Crippen molar-refractivity contribution in [1.82, 2.24) is 14.7 Å². The first-order valence-corrected chi connectivity index (χ1v) is 8.52. The highest BCUT2D eigenvalue weighted by Gasteiger charge is 2.36. The molecular weight excluding hydrogens is 320 g/mol. The molecule has 2 aromatic rings. The van der Waals surface area contributed by atoms with Crippen LogP contribution >= 0.6 is 0 Å². The molecule has 0 spiro atoms. The molecule has 2 atom stereocenters. The summed E-state index contributed by atoms with van der Waals surface area (Å²) in [5, 5.41) is 4.24. The summed E-state index contributed by atoms with van der Waals surface area (Å²) < 4.78 is 12.8. The number of benzene rings is 1. The molecule has 0 unspecified atom stereocenters. The molecule has 0 bridgehead atoms. The average Bonchev–Trinajstić information content (AvgIpc) is 3.33. The van der Waals surface area contributed by atoms with Crippen LogP contribution in [0.5, 0.6) is 5.75 Å². The highest BCUT2D eigenvalue weighted by atomic mass is 16.5. The maximum atomic E-state index is 13.1. The van der Waals surface area contributed by atoms with Crippen LogP contribution in [0.2, 0.25) is 0 Å². The molecule has 2 aliphatic heterocycles. The Morgan fingerprint density at radius 1 is 1.44 bits per heavy atom. The molecule has 0 aliphatic carbocycles. The number of carbonyl (C=O) groups is 1. The molecule has 25 heavy (non-hydrogen) atoms. The minimum Gasteiger partial charge on any atom is -0.493 e. The lowest BCUT2D eigenvalue weighted by Gasteiger charge is -2.24. The van der Waals surface area contributed by atoms with Gasteiger partial charge < -0.3 is 20.1 Å². The summed E-state index contributed by atoms with van der Waals surface area (Å²) in [7, 11) is 1.69. The zero-order valence-electron chi connectivity index (χ0n) is 14.2. The molecule has 1 saturated heterocycles. The largest absolute Gasteiger partial charge is 0.493 e. The number of likely N-dealkylation sites (tertiary alicyclic amines) is 1. The van der Waals surface area contributed by atoms with E-state index in [4.69, 9.17) is 15.2 Å². The van der Waals surface area contributed by atoms with E-state index in [0.29, 0.717) is 31.1 Å². The lowest BCUT2D eigenvalue weighted by Crippen LogP contribution is -2.38. The Hall–Kier alpha value is -2.54. The molecule has 132 valence electrons.